The molecule has 71 heavy (non-hydrogen) atoms. The van der Waals surface area contributed by atoms with Crippen LogP contribution in [0.15, 0.2) is 243 Å². The molecule has 5 heterocycles. The topological polar surface area (TPSA) is 35.6 Å². The molecule has 14 rings (SSSR count). The van der Waals surface area contributed by atoms with Gasteiger partial charge in [0.15, 0.2) is 0 Å². The molecule has 0 bridgehead atoms. The number of thiophene rings is 1. The van der Waals surface area contributed by atoms with Gasteiger partial charge in [0.1, 0.15) is 0 Å². The van der Waals surface area contributed by atoms with E-state index in [4.69, 9.17) is 9.97 Å². The molecule has 0 aliphatic heterocycles. The van der Waals surface area contributed by atoms with E-state index in [0.717, 1.165) is 61.5 Å². The van der Waals surface area contributed by atoms with Gasteiger partial charge in [0.25, 0.3) is 0 Å². The molecule has 4 nitrogen and oxygen atoms in total. The Balaban J connectivity index is 0.00000243. The number of hydrogen-bond donors (Lipinski definition) is 0. The number of pyridine rings is 2. The predicted octanol–water partition coefficient (Wildman–Crippen LogP) is 18.4. The van der Waals surface area contributed by atoms with Gasteiger partial charge < -0.3 is 9.13 Å². The van der Waals surface area contributed by atoms with Crippen molar-refractivity contribution in [1.82, 2.24) is 19.1 Å². The monoisotopic (exact) mass is 926 g/mol. The average Bonchev–Trinajstić information content (AvgIpc) is 4.10. The lowest BCUT2D eigenvalue weighted by atomic mass is 9.94. The van der Waals surface area contributed by atoms with Crippen molar-refractivity contribution in [3.05, 3.63) is 243 Å². The summed E-state index contributed by atoms with van der Waals surface area (Å²) in [4.78, 5) is 9.52. The molecular formula is C66H46N4S. The molecule has 0 atom stereocenters. The van der Waals surface area contributed by atoms with E-state index in [1.165, 1.54) is 69.6 Å². The lowest BCUT2D eigenvalue weighted by molar-refractivity contribution is 1.18. The van der Waals surface area contributed by atoms with E-state index in [1.807, 2.05) is 49.7 Å². The number of para-hydroxylation sites is 2. The maximum absolute atomic E-state index is 4.76. The molecule has 336 valence electrons. The van der Waals surface area contributed by atoms with Crippen LogP contribution >= 0.6 is 11.3 Å². The van der Waals surface area contributed by atoms with Gasteiger partial charge in [-0.2, -0.15) is 0 Å². The minimum atomic E-state index is 0.958. The highest BCUT2D eigenvalue weighted by atomic mass is 32.1. The molecule has 0 spiro atoms. The van der Waals surface area contributed by atoms with Crippen LogP contribution in [0.3, 0.4) is 0 Å². The summed E-state index contributed by atoms with van der Waals surface area (Å²) in [6.45, 7) is 4.00. The summed E-state index contributed by atoms with van der Waals surface area (Å²) >= 11 is 1.86. The summed E-state index contributed by atoms with van der Waals surface area (Å²) in [6, 6.07) is 83.7. The first-order valence-corrected chi connectivity index (χ1v) is 25.2. The zero-order chi connectivity index (χ0) is 47.4. The van der Waals surface area contributed by atoms with Gasteiger partial charge in [-0.15, -0.1) is 11.3 Å². The van der Waals surface area contributed by atoms with Gasteiger partial charge in [-0.25, -0.2) is 0 Å². The van der Waals surface area contributed by atoms with Gasteiger partial charge in [0.2, 0.25) is 0 Å². The maximum Gasteiger partial charge on any atom is 0.0708 e. The Hall–Kier alpha value is -8.90. The fourth-order valence-electron chi connectivity index (χ4n) is 10.7. The molecule has 0 saturated carbocycles. The number of aromatic nitrogens is 4. The van der Waals surface area contributed by atoms with Crippen LogP contribution in [0, 0.1) is 0 Å². The van der Waals surface area contributed by atoms with Crippen LogP contribution in [0.1, 0.15) is 13.8 Å². The van der Waals surface area contributed by atoms with Gasteiger partial charge >= 0.3 is 0 Å². The molecule has 0 amide bonds. The fraction of sp³-hybridized carbons (Fsp3) is 0.0303. The first-order valence-electron chi connectivity index (χ1n) is 24.4. The van der Waals surface area contributed by atoms with Crippen LogP contribution in [-0.4, -0.2) is 19.1 Å². The van der Waals surface area contributed by atoms with Crippen molar-refractivity contribution in [2.75, 3.05) is 0 Å². The molecule has 0 saturated heterocycles. The maximum atomic E-state index is 4.76. The molecule has 5 heteroatoms. The molecule has 0 unspecified atom stereocenters. The third-order valence-electron chi connectivity index (χ3n) is 13.9. The third kappa shape index (κ3) is 7.12. The molecular weight excluding hydrogens is 881 g/mol. The highest BCUT2D eigenvalue weighted by Gasteiger charge is 2.19. The molecule has 9 aromatic carbocycles. The summed E-state index contributed by atoms with van der Waals surface area (Å²) in [6.07, 6.45) is 3.74. The second-order valence-corrected chi connectivity index (χ2v) is 18.8. The summed E-state index contributed by atoms with van der Waals surface area (Å²) in [5.74, 6) is 0. The van der Waals surface area contributed by atoms with Crippen LogP contribution in [0.5, 0.6) is 0 Å². The van der Waals surface area contributed by atoms with Crippen molar-refractivity contribution >= 4 is 75.1 Å². The normalized spacial score (nSPS) is 11.5. The zero-order valence-electron chi connectivity index (χ0n) is 39.3. The van der Waals surface area contributed by atoms with Crippen molar-refractivity contribution < 1.29 is 0 Å². The molecule has 0 fully saturated rings. The van der Waals surface area contributed by atoms with Gasteiger partial charge in [-0.05, 0) is 143 Å². The number of hydrogen-bond acceptors (Lipinski definition) is 3. The number of fused-ring (bicyclic) bond motifs is 9. The summed E-state index contributed by atoms with van der Waals surface area (Å²) in [5, 5.41) is 7.42. The Morgan fingerprint density at radius 3 is 1.31 bits per heavy atom. The quantitative estimate of drug-likeness (QED) is 0.160. The molecule has 0 N–H and O–H groups in total. The van der Waals surface area contributed by atoms with Gasteiger partial charge in [0, 0.05) is 76.6 Å². The Morgan fingerprint density at radius 2 is 0.718 bits per heavy atom. The smallest absolute Gasteiger partial charge is 0.0708 e. The lowest BCUT2D eigenvalue weighted by Gasteiger charge is -2.11. The molecule has 0 radical (unpaired) electrons. The Bertz CT molecular complexity index is 4160. The van der Waals surface area contributed by atoms with Crippen LogP contribution < -0.4 is 0 Å². The first kappa shape index (κ1) is 42.2. The number of rotatable bonds is 7. The Labute approximate surface area is 416 Å². The predicted molar refractivity (Wildman–Crippen MR) is 302 cm³/mol. The van der Waals surface area contributed by atoms with Gasteiger partial charge in [0.05, 0.1) is 33.5 Å². The van der Waals surface area contributed by atoms with Crippen LogP contribution in [0.4, 0.5) is 0 Å². The standard InChI is InChI=1S/C64H40N4S.C2H6/c1-2-14-45(15-3-1)67-59-23-9-8-20-51(59)52-36-41(24-29-60(52)67)42-27-32-63-55(37-42)56-40-46(28-33-64(56)69-63)68-61-30-25-43(47-16-4-6-18-49(47)57-21-10-12-34-65-57)38-53(61)54-39-44(26-31-62(54)68)48-17-5-7-19-50(48)58-22-11-13-35-66-58;1-2/h1-40H;1-2H3. The van der Waals surface area contributed by atoms with E-state index in [-0.39, 0.29) is 0 Å². The van der Waals surface area contributed by atoms with E-state index in [0.29, 0.717) is 0 Å². The van der Waals surface area contributed by atoms with Gasteiger partial charge in [-0.1, -0.05) is 135 Å². The minimum absolute atomic E-state index is 0.958. The molecule has 0 aliphatic rings. The van der Waals surface area contributed by atoms with Gasteiger partial charge in [-0.3, -0.25) is 9.97 Å². The first-order chi connectivity index (χ1) is 35.2. The van der Waals surface area contributed by atoms with E-state index in [2.05, 4.69) is 228 Å². The van der Waals surface area contributed by atoms with Crippen molar-refractivity contribution in [3.63, 3.8) is 0 Å². The van der Waals surface area contributed by atoms with Crippen LogP contribution in [0.25, 0.3) is 131 Å². The van der Waals surface area contributed by atoms with Crippen molar-refractivity contribution in [1.29, 1.82) is 0 Å². The summed E-state index contributed by atoms with van der Waals surface area (Å²) in [5.41, 5.74) is 18.2. The second kappa shape index (κ2) is 17.6. The summed E-state index contributed by atoms with van der Waals surface area (Å²) in [7, 11) is 0. The zero-order valence-corrected chi connectivity index (χ0v) is 40.1. The second-order valence-electron chi connectivity index (χ2n) is 17.7. The van der Waals surface area contributed by atoms with Crippen molar-refractivity contribution in [3.8, 4) is 67.3 Å². The average molecular weight is 927 g/mol. The SMILES string of the molecule is CC.c1ccc(-n2c3ccccc3c3cc(-c4ccc5sc6ccc(-n7c8ccc(-c9ccccc9-c9ccccn9)cc8c8cc(-c9ccccc9-c9ccccn9)ccc87)cc6c5c4)ccc32)cc1. The van der Waals surface area contributed by atoms with Crippen molar-refractivity contribution in [2.45, 2.75) is 13.8 Å². The van der Waals surface area contributed by atoms with E-state index >= 15 is 0 Å². The van der Waals surface area contributed by atoms with E-state index in [9.17, 15) is 0 Å². The molecule has 14 aromatic rings. The Kier molecular flexibility index (Phi) is 10.4. The number of nitrogens with zero attached hydrogens (tertiary/aromatic N) is 4. The van der Waals surface area contributed by atoms with Crippen LogP contribution in [0.2, 0.25) is 0 Å². The van der Waals surface area contributed by atoms with E-state index < -0.39 is 0 Å². The van der Waals surface area contributed by atoms with Crippen LogP contribution in [-0.2, 0) is 0 Å². The summed E-state index contributed by atoms with van der Waals surface area (Å²) < 4.78 is 7.39. The van der Waals surface area contributed by atoms with E-state index in [1.54, 1.807) is 0 Å². The molecule has 5 aromatic heterocycles. The van der Waals surface area contributed by atoms with Crippen molar-refractivity contribution in [2.24, 2.45) is 0 Å². The minimum Gasteiger partial charge on any atom is -0.309 e. The highest BCUT2D eigenvalue weighted by molar-refractivity contribution is 7.25. The number of benzene rings is 9. The third-order valence-corrected chi connectivity index (χ3v) is 15.0. The lowest BCUT2D eigenvalue weighted by Crippen LogP contribution is -1.94. The molecule has 0 aliphatic carbocycles. The fourth-order valence-corrected chi connectivity index (χ4v) is 11.8. The Morgan fingerprint density at radius 1 is 0.296 bits per heavy atom. The largest absolute Gasteiger partial charge is 0.309 e. The highest BCUT2D eigenvalue weighted by Crippen LogP contribution is 2.43.